The fourth-order valence-electron chi connectivity index (χ4n) is 3.96. The van der Waals surface area contributed by atoms with Crippen LogP contribution in [0.4, 0.5) is 5.69 Å². The largest absolute Gasteiger partial charge is 0.378 e. The number of hydrogen-bond acceptors (Lipinski definition) is 4. The molecule has 0 aromatic heterocycles. The van der Waals surface area contributed by atoms with E-state index in [1.807, 2.05) is 20.2 Å². The second kappa shape index (κ2) is 6.68. The fourth-order valence-corrected chi connectivity index (χ4v) is 5.50. The monoisotopic (exact) mass is 371 g/mol. The minimum Gasteiger partial charge on any atom is -0.378 e. The summed E-state index contributed by atoms with van der Waals surface area (Å²) in [5.41, 5.74) is 2.47. The Bertz CT molecular complexity index is 866. The standard InChI is InChI=1S/C20H25N3O2S/c1-21(2)18-10-8-16(9-11-18)12-22-13-17-14-23(15-20(17)22)26(24,25)19-6-4-3-5-7-19/h3-11,17,20H,12-15H2,1-2H3/t17-,20-/m1/s1. The van der Waals surface area contributed by atoms with Crippen molar-refractivity contribution in [2.24, 2.45) is 5.92 Å². The summed E-state index contributed by atoms with van der Waals surface area (Å²) in [6, 6.07) is 17.7. The molecule has 0 unspecified atom stereocenters. The normalized spacial score (nSPS) is 23.5. The van der Waals surface area contributed by atoms with Crippen molar-refractivity contribution in [3.05, 3.63) is 60.2 Å². The molecule has 6 heteroatoms. The van der Waals surface area contributed by atoms with E-state index >= 15 is 0 Å². The van der Waals surface area contributed by atoms with Crippen LogP contribution in [0.1, 0.15) is 5.56 Å². The molecule has 2 aromatic rings. The molecule has 2 atom stereocenters. The Morgan fingerprint density at radius 3 is 2.31 bits per heavy atom. The zero-order valence-corrected chi connectivity index (χ0v) is 16.1. The molecule has 2 heterocycles. The third kappa shape index (κ3) is 3.13. The van der Waals surface area contributed by atoms with Gasteiger partial charge < -0.3 is 4.90 Å². The first kappa shape index (κ1) is 17.5. The Hall–Kier alpha value is -1.89. The number of anilines is 1. The van der Waals surface area contributed by atoms with E-state index in [1.165, 1.54) is 11.3 Å². The fraction of sp³-hybridized carbons (Fsp3) is 0.400. The molecule has 0 aliphatic carbocycles. The number of likely N-dealkylation sites (tertiary alicyclic amines) is 1. The molecule has 0 radical (unpaired) electrons. The number of hydrogen-bond donors (Lipinski definition) is 0. The van der Waals surface area contributed by atoms with Gasteiger partial charge >= 0.3 is 0 Å². The lowest BCUT2D eigenvalue weighted by Crippen LogP contribution is -2.54. The Morgan fingerprint density at radius 2 is 1.65 bits per heavy atom. The minimum atomic E-state index is -3.37. The molecule has 0 bridgehead atoms. The first-order valence-corrected chi connectivity index (χ1v) is 10.4. The highest BCUT2D eigenvalue weighted by Gasteiger charge is 2.48. The maximum absolute atomic E-state index is 12.8. The highest BCUT2D eigenvalue weighted by molar-refractivity contribution is 7.89. The Morgan fingerprint density at radius 1 is 0.962 bits per heavy atom. The van der Waals surface area contributed by atoms with Gasteiger partial charge in [-0.1, -0.05) is 30.3 Å². The van der Waals surface area contributed by atoms with E-state index in [2.05, 4.69) is 34.1 Å². The van der Waals surface area contributed by atoms with E-state index in [9.17, 15) is 8.42 Å². The molecular formula is C20H25N3O2S. The maximum Gasteiger partial charge on any atom is 0.243 e. The molecular weight excluding hydrogens is 346 g/mol. The van der Waals surface area contributed by atoms with Gasteiger partial charge in [0.1, 0.15) is 0 Å². The van der Waals surface area contributed by atoms with Crippen LogP contribution >= 0.6 is 0 Å². The van der Waals surface area contributed by atoms with Gasteiger partial charge in [0.25, 0.3) is 0 Å². The minimum absolute atomic E-state index is 0.335. The van der Waals surface area contributed by atoms with Crippen molar-refractivity contribution in [3.63, 3.8) is 0 Å². The van der Waals surface area contributed by atoms with Gasteiger partial charge in [-0.2, -0.15) is 4.31 Å². The van der Waals surface area contributed by atoms with E-state index < -0.39 is 10.0 Å². The maximum atomic E-state index is 12.8. The van der Waals surface area contributed by atoms with E-state index in [0.29, 0.717) is 29.9 Å². The third-order valence-corrected chi connectivity index (χ3v) is 7.38. The average molecular weight is 372 g/mol. The van der Waals surface area contributed by atoms with Crippen LogP contribution in [0.5, 0.6) is 0 Å². The molecule has 138 valence electrons. The van der Waals surface area contributed by atoms with Crippen molar-refractivity contribution < 1.29 is 8.42 Å². The van der Waals surface area contributed by atoms with Crippen molar-refractivity contribution in [1.82, 2.24) is 9.21 Å². The van der Waals surface area contributed by atoms with Gasteiger partial charge in [-0.15, -0.1) is 0 Å². The first-order valence-electron chi connectivity index (χ1n) is 9.00. The highest BCUT2D eigenvalue weighted by atomic mass is 32.2. The smallest absolute Gasteiger partial charge is 0.243 e. The summed E-state index contributed by atoms with van der Waals surface area (Å²) >= 11 is 0. The van der Waals surface area contributed by atoms with Crippen LogP contribution in [-0.2, 0) is 16.6 Å². The van der Waals surface area contributed by atoms with Crippen molar-refractivity contribution in [2.75, 3.05) is 38.6 Å². The number of nitrogens with zero attached hydrogens (tertiary/aromatic N) is 3. The quantitative estimate of drug-likeness (QED) is 0.809. The van der Waals surface area contributed by atoms with Crippen LogP contribution in [0.2, 0.25) is 0 Å². The van der Waals surface area contributed by atoms with E-state index in [1.54, 1.807) is 28.6 Å². The van der Waals surface area contributed by atoms with Crippen LogP contribution in [-0.4, -0.2) is 57.4 Å². The second-order valence-corrected chi connectivity index (χ2v) is 9.39. The Balaban J connectivity index is 1.41. The summed E-state index contributed by atoms with van der Waals surface area (Å²) in [7, 11) is 0.699. The third-order valence-electron chi connectivity index (χ3n) is 5.53. The summed E-state index contributed by atoms with van der Waals surface area (Å²) in [6.07, 6.45) is 0. The Labute approximate surface area is 155 Å². The molecule has 26 heavy (non-hydrogen) atoms. The van der Waals surface area contributed by atoms with Crippen molar-refractivity contribution in [2.45, 2.75) is 17.5 Å². The molecule has 2 saturated heterocycles. The molecule has 2 fully saturated rings. The topological polar surface area (TPSA) is 43.9 Å². The summed E-state index contributed by atoms with van der Waals surface area (Å²) in [6.45, 7) is 3.09. The molecule has 0 N–H and O–H groups in total. The lowest BCUT2D eigenvalue weighted by molar-refractivity contribution is 0.0435. The molecule has 5 nitrogen and oxygen atoms in total. The zero-order chi connectivity index (χ0) is 18.3. The van der Waals surface area contributed by atoms with Gasteiger partial charge in [-0.05, 0) is 29.8 Å². The first-order chi connectivity index (χ1) is 12.4. The lowest BCUT2D eigenvalue weighted by atomic mass is 9.91. The molecule has 0 amide bonds. The summed E-state index contributed by atoms with van der Waals surface area (Å²) in [4.78, 5) is 4.88. The highest BCUT2D eigenvalue weighted by Crippen LogP contribution is 2.36. The van der Waals surface area contributed by atoms with Crippen molar-refractivity contribution in [1.29, 1.82) is 0 Å². The summed E-state index contributed by atoms with van der Waals surface area (Å²) in [5.74, 6) is 0.453. The molecule has 2 aromatic carbocycles. The van der Waals surface area contributed by atoms with Crippen LogP contribution in [0, 0.1) is 5.92 Å². The predicted octanol–water partition coefficient (Wildman–Crippen LogP) is 2.26. The second-order valence-electron chi connectivity index (χ2n) is 7.45. The van der Waals surface area contributed by atoms with Gasteiger partial charge in [-0.25, -0.2) is 8.42 Å². The predicted molar refractivity (Wildman–Crippen MR) is 104 cm³/mol. The average Bonchev–Trinajstić information content (AvgIpc) is 2.98. The zero-order valence-electron chi connectivity index (χ0n) is 15.2. The summed E-state index contributed by atoms with van der Waals surface area (Å²) in [5, 5.41) is 0. The number of fused-ring (bicyclic) bond motifs is 1. The SMILES string of the molecule is CN(C)c1ccc(CN2C[C@@H]3CN(S(=O)(=O)c4ccccc4)C[C@H]32)cc1. The van der Waals surface area contributed by atoms with Crippen LogP contribution in [0.15, 0.2) is 59.5 Å². The Kier molecular flexibility index (Phi) is 4.50. The number of sulfonamides is 1. The van der Waals surface area contributed by atoms with Crippen LogP contribution in [0.25, 0.3) is 0 Å². The molecule has 2 aliphatic rings. The molecule has 0 spiro atoms. The molecule has 2 aliphatic heterocycles. The van der Waals surface area contributed by atoms with Crippen molar-refractivity contribution >= 4 is 15.7 Å². The molecule has 0 saturated carbocycles. The van der Waals surface area contributed by atoms with Crippen LogP contribution in [0.3, 0.4) is 0 Å². The van der Waals surface area contributed by atoms with E-state index in [4.69, 9.17) is 0 Å². The summed E-state index contributed by atoms with van der Waals surface area (Å²) < 4.78 is 27.3. The van der Waals surface area contributed by atoms with E-state index in [-0.39, 0.29) is 0 Å². The van der Waals surface area contributed by atoms with Gasteiger partial charge in [0.05, 0.1) is 4.90 Å². The lowest BCUT2D eigenvalue weighted by Gasteiger charge is -2.43. The number of benzene rings is 2. The van der Waals surface area contributed by atoms with Crippen LogP contribution < -0.4 is 4.90 Å². The number of rotatable bonds is 5. The van der Waals surface area contributed by atoms with Gasteiger partial charge in [0, 0.05) is 57.9 Å². The van der Waals surface area contributed by atoms with Crippen molar-refractivity contribution in [3.8, 4) is 0 Å². The van der Waals surface area contributed by atoms with Gasteiger partial charge in [0.2, 0.25) is 10.0 Å². The van der Waals surface area contributed by atoms with Gasteiger partial charge in [-0.3, -0.25) is 4.90 Å². The van der Waals surface area contributed by atoms with E-state index in [0.717, 1.165) is 13.1 Å². The van der Waals surface area contributed by atoms with Gasteiger partial charge in [0.15, 0.2) is 0 Å². The molecule has 4 rings (SSSR count).